The first kappa shape index (κ1) is 24.3. The normalized spacial score (nSPS) is 14.9. The number of benzene rings is 1. The van der Waals surface area contributed by atoms with Crippen LogP contribution in [0, 0.1) is 0 Å². The average Bonchev–Trinajstić information content (AvgIpc) is 2.77. The maximum atomic E-state index is 13.1. The molecule has 7 nitrogen and oxygen atoms in total. The lowest BCUT2D eigenvalue weighted by atomic mass is 10.1. The quantitative estimate of drug-likeness (QED) is 0.655. The molecular formula is C21H31ClN4O3S. The molecule has 0 aromatic heterocycles. The molecule has 1 heterocycles. The Labute approximate surface area is 188 Å². The second kappa shape index (κ2) is 12.1. The van der Waals surface area contributed by atoms with Crippen molar-refractivity contribution in [3.63, 3.8) is 0 Å². The van der Waals surface area contributed by atoms with Crippen LogP contribution in [-0.2, 0) is 4.79 Å². The Morgan fingerprint density at radius 3 is 2.27 bits per heavy atom. The van der Waals surface area contributed by atoms with Crippen molar-refractivity contribution in [1.29, 1.82) is 0 Å². The van der Waals surface area contributed by atoms with Crippen molar-refractivity contribution in [3.8, 4) is 0 Å². The molecule has 1 aliphatic rings. The molecule has 0 bridgehead atoms. The average molecular weight is 455 g/mol. The fraction of sp³-hybridized carbons (Fsp3) is 0.571. The lowest BCUT2D eigenvalue weighted by Gasteiger charge is -2.38. The van der Waals surface area contributed by atoms with Gasteiger partial charge in [0.2, 0.25) is 5.91 Å². The number of amides is 4. The van der Waals surface area contributed by atoms with Crippen LogP contribution in [-0.4, -0.2) is 89.9 Å². The molecule has 1 N–H and O–H groups in total. The number of nitrogens with zero attached hydrogens (tertiary/aromatic N) is 3. The van der Waals surface area contributed by atoms with Crippen LogP contribution < -0.4 is 5.32 Å². The van der Waals surface area contributed by atoms with E-state index >= 15 is 0 Å². The molecule has 1 unspecified atom stereocenters. The van der Waals surface area contributed by atoms with Gasteiger partial charge < -0.3 is 20.0 Å². The zero-order valence-corrected chi connectivity index (χ0v) is 19.5. The molecule has 9 heteroatoms. The van der Waals surface area contributed by atoms with Crippen molar-refractivity contribution in [2.75, 3.05) is 51.3 Å². The van der Waals surface area contributed by atoms with Crippen molar-refractivity contribution in [1.82, 2.24) is 20.0 Å². The Bertz CT molecular complexity index is 737. The highest BCUT2D eigenvalue weighted by Crippen LogP contribution is 2.16. The molecule has 0 radical (unpaired) electrons. The van der Waals surface area contributed by atoms with Crippen LogP contribution in [0.1, 0.15) is 30.6 Å². The maximum Gasteiger partial charge on any atom is 0.320 e. The smallest absolute Gasteiger partial charge is 0.320 e. The van der Waals surface area contributed by atoms with E-state index in [0.29, 0.717) is 56.3 Å². The molecule has 1 aliphatic heterocycles. The monoisotopic (exact) mass is 454 g/mol. The maximum absolute atomic E-state index is 13.1. The molecule has 2 rings (SSSR count). The van der Waals surface area contributed by atoms with Gasteiger partial charge in [-0.1, -0.05) is 23.7 Å². The van der Waals surface area contributed by atoms with Crippen LogP contribution in [0.4, 0.5) is 4.79 Å². The molecular weight excluding hydrogens is 424 g/mol. The van der Waals surface area contributed by atoms with Crippen LogP contribution in [0.3, 0.4) is 0 Å². The number of hydrogen-bond donors (Lipinski definition) is 1. The van der Waals surface area contributed by atoms with E-state index in [0.717, 1.165) is 5.75 Å². The first-order chi connectivity index (χ1) is 14.4. The largest absolute Gasteiger partial charge is 0.340 e. The predicted molar refractivity (Wildman–Crippen MR) is 122 cm³/mol. The van der Waals surface area contributed by atoms with E-state index in [-0.39, 0.29) is 17.8 Å². The van der Waals surface area contributed by atoms with Gasteiger partial charge in [-0.05, 0) is 44.4 Å². The van der Waals surface area contributed by atoms with Gasteiger partial charge in [0, 0.05) is 39.3 Å². The molecule has 0 spiro atoms. The first-order valence-electron chi connectivity index (χ1n) is 10.3. The van der Waals surface area contributed by atoms with E-state index in [1.165, 1.54) is 0 Å². The minimum absolute atomic E-state index is 0.0121. The Morgan fingerprint density at radius 1 is 1.10 bits per heavy atom. The summed E-state index contributed by atoms with van der Waals surface area (Å²) in [5.74, 6) is 0.286. The van der Waals surface area contributed by atoms with Crippen LogP contribution in [0.2, 0.25) is 5.02 Å². The summed E-state index contributed by atoms with van der Waals surface area (Å²) in [4.78, 5) is 43.6. The van der Waals surface area contributed by atoms with E-state index in [1.54, 1.807) is 50.7 Å². The number of rotatable bonds is 8. The van der Waals surface area contributed by atoms with Crippen molar-refractivity contribution < 1.29 is 14.4 Å². The Morgan fingerprint density at radius 2 is 1.70 bits per heavy atom. The van der Waals surface area contributed by atoms with E-state index < -0.39 is 6.04 Å². The van der Waals surface area contributed by atoms with E-state index in [9.17, 15) is 14.4 Å². The van der Waals surface area contributed by atoms with Gasteiger partial charge in [0.15, 0.2) is 0 Å². The Balaban J connectivity index is 2.01. The van der Waals surface area contributed by atoms with E-state index in [1.807, 2.05) is 20.1 Å². The van der Waals surface area contributed by atoms with Gasteiger partial charge in [0.05, 0.1) is 10.6 Å². The third-order valence-electron chi connectivity index (χ3n) is 5.23. The minimum atomic E-state index is -0.619. The van der Waals surface area contributed by atoms with E-state index in [4.69, 9.17) is 11.6 Å². The molecule has 1 aromatic carbocycles. The Kier molecular flexibility index (Phi) is 9.78. The molecule has 1 atom stereocenters. The van der Waals surface area contributed by atoms with E-state index in [2.05, 4.69) is 5.32 Å². The number of urea groups is 1. The number of thioether (sulfide) groups is 1. The van der Waals surface area contributed by atoms with Crippen molar-refractivity contribution in [2.24, 2.45) is 0 Å². The van der Waals surface area contributed by atoms with Crippen LogP contribution in [0.15, 0.2) is 24.3 Å². The zero-order chi connectivity index (χ0) is 22.1. The SMILES string of the molecule is CCN(CC)C(=O)N1CCN(C(=O)C(CCSC)NC(=O)c2ccccc2Cl)CC1. The number of carbonyl (C=O) groups is 3. The van der Waals surface area contributed by atoms with Gasteiger partial charge in [-0.3, -0.25) is 9.59 Å². The number of carbonyl (C=O) groups excluding carboxylic acids is 3. The molecule has 30 heavy (non-hydrogen) atoms. The van der Waals surface area contributed by atoms with Crippen LogP contribution in [0.5, 0.6) is 0 Å². The molecule has 1 saturated heterocycles. The topological polar surface area (TPSA) is 73.0 Å². The van der Waals surface area contributed by atoms with Crippen molar-refractivity contribution in [3.05, 3.63) is 34.9 Å². The highest BCUT2D eigenvalue weighted by molar-refractivity contribution is 7.98. The summed E-state index contributed by atoms with van der Waals surface area (Å²) in [6.07, 6.45) is 2.50. The zero-order valence-electron chi connectivity index (χ0n) is 17.9. The summed E-state index contributed by atoms with van der Waals surface area (Å²) in [5.41, 5.74) is 0.357. The Hall–Kier alpha value is -1.93. The van der Waals surface area contributed by atoms with Crippen LogP contribution in [0.25, 0.3) is 0 Å². The van der Waals surface area contributed by atoms with Gasteiger partial charge >= 0.3 is 6.03 Å². The number of hydrogen-bond acceptors (Lipinski definition) is 4. The highest BCUT2D eigenvalue weighted by atomic mass is 35.5. The van der Waals surface area contributed by atoms with Gasteiger partial charge in [0.1, 0.15) is 6.04 Å². The summed E-state index contributed by atoms with van der Waals surface area (Å²) in [6, 6.07) is 6.19. The summed E-state index contributed by atoms with van der Waals surface area (Å²) in [5, 5.41) is 3.22. The molecule has 166 valence electrons. The summed E-state index contributed by atoms with van der Waals surface area (Å²) in [6.45, 7) is 7.16. The van der Waals surface area contributed by atoms with Crippen molar-refractivity contribution >= 4 is 41.2 Å². The summed E-state index contributed by atoms with van der Waals surface area (Å²) < 4.78 is 0. The third kappa shape index (κ3) is 6.28. The second-order valence-electron chi connectivity index (χ2n) is 7.05. The summed E-state index contributed by atoms with van der Waals surface area (Å²) >= 11 is 7.75. The molecule has 4 amide bonds. The van der Waals surface area contributed by atoms with Gasteiger partial charge in [-0.2, -0.15) is 11.8 Å². The minimum Gasteiger partial charge on any atom is -0.340 e. The number of piperazine rings is 1. The van der Waals surface area contributed by atoms with Gasteiger partial charge in [-0.25, -0.2) is 4.79 Å². The summed E-state index contributed by atoms with van der Waals surface area (Å²) in [7, 11) is 0. The fourth-order valence-corrected chi connectivity index (χ4v) is 4.10. The van der Waals surface area contributed by atoms with Gasteiger partial charge in [0.25, 0.3) is 5.91 Å². The number of nitrogens with one attached hydrogen (secondary N) is 1. The molecule has 0 aliphatic carbocycles. The third-order valence-corrected chi connectivity index (χ3v) is 6.20. The fourth-order valence-electron chi connectivity index (χ4n) is 3.41. The number of halogens is 1. The lowest BCUT2D eigenvalue weighted by molar-refractivity contribution is -0.134. The van der Waals surface area contributed by atoms with Crippen molar-refractivity contribution in [2.45, 2.75) is 26.3 Å². The standard InChI is InChI=1S/C21H31ClN4O3S/c1-4-24(5-2)21(29)26-13-11-25(12-14-26)20(28)18(10-15-30-3)23-19(27)16-8-6-7-9-17(16)22/h6-9,18H,4-5,10-15H2,1-3H3,(H,23,27). The molecule has 0 saturated carbocycles. The predicted octanol–water partition coefficient (Wildman–Crippen LogP) is 2.80. The lowest BCUT2D eigenvalue weighted by Crippen LogP contribution is -2.57. The van der Waals surface area contributed by atoms with Gasteiger partial charge in [-0.15, -0.1) is 0 Å². The second-order valence-corrected chi connectivity index (χ2v) is 8.45. The highest BCUT2D eigenvalue weighted by Gasteiger charge is 2.31. The molecule has 1 aromatic rings. The van der Waals surface area contributed by atoms with Crippen LogP contribution >= 0.6 is 23.4 Å². The first-order valence-corrected chi connectivity index (χ1v) is 12.1. The molecule has 1 fully saturated rings.